The van der Waals surface area contributed by atoms with E-state index in [2.05, 4.69) is 16.4 Å². The molecule has 1 aromatic heterocycles. The molecule has 0 radical (unpaired) electrons. The van der Waals surface area contributed by atoms with E-state index in [0.29, 0.717) is 26.2 Å². The van der Waals surface area contributed by atoms with Gasteiger partial charge in [-0.2, -0.15) is 5.26 Å². The van der Waals surface area contributed by atoms with Crippen LogP contribution in [0.4, 0.5) is 0 Å². The van der Waals surface area contributed by atoms with E-state index in [1.165, 1.54) is 0 Å². The van der Waals surface area contributed by atoms with Crippen molar-refractivity contribution in [3.63, 3.8) is 0 Å². The fourth-order valence-corrected chi connectivity index (χ4v) is 1.47. The number of nitrogens with zero attached hydrogens (tertiary/aromatic N) is 2. The molecular formula is C15H23N3O2. The van der Waals surface area contributed by atoms with E-state index in [1.807, 2.05) is 26.0 Å². The van der Waals surface area contributed by atoms with E-state index in [1.54, 1.807) is 13.3 Å². The van der Waals surface area contributed by atoms with Crippen molar-refractivity contribution in [1.29, 1.82) is 5.26 Å². The molecule has 0 bridgehead atoms. The van der Waals surface area contributed by atoms with Gasteiger partial charge in [0, 0.05) is 20.2 Å². The maximum absolute atomic E-state index is 8.91. The fraction of sp³-hybridized carbons (Fsp3) is 0.600. The van der Waals surface area contributed by atoms with Crippen LogP contribution in [0.3, 0.4) is 0 Å². The standard InChI is InChI=1S/C15H23N3O2/c1-15(2,12-16)6-8-20-14-5-4-13(18-11-14)10-17-7-9-19-3/h4-5,11,17H,6-10H2,1-3H3. The third-order valence-electron chi connectivity index (χ3n) is 2.89. The lowest BCUT2D eigenvalue weighted by Gasteiger charge is -2.15. The summed E-state index contributed by atoms with van der Waals surface area (Å²) in [6.07, 6.45) is 2.41. The van der Waals surface area contributed by atoms with Crippen molar-refractivity contribution in [2.75, 3.05) is 26.9 Å². The first-order valence-corrected chi connectivity index (χ1v) is 6.76. The predicted molar refractivity (Wildman–Crippen MR) is 77.3 cm³/mol. The predicted octanol–water partition coefficient (Wildman–Crippen LogP) is 2.14. The molecule has 0 unspecified atom stereocenters. The van der Waals surface area contributed by atoms with Gasteiger partial charge in [-0.3, -0.25) is 4.98 Å². The Morgan fingerprint density at radius 2 is 2.15 bits per heavy atom. The Morgan fingerprint density at radius 1 is 1.35 bits per heavy atom. The Balaban J connectivity index is 2.30. The van der Waals surface area contributed by atoms with Gasteiger partial charge in [0.2, 0.25) is 0 Å². The molecule has 0 aliphatic heterocycles. The number of nitriles is 1. The van der Waals surface area contributed by atoms with Gasteiger partial charge >= 0.3 is 0 Å². The molecule has 20 heavy (non-hydrogen) atoms. The van der Waals surface area contributed by atoms with Crippen LogP contribution in [0.15, 0.2) is 18.3 Å². The maximum Gasteiger partial charge on any atom is 0.137 e. The molecule has 0 atom stereocenters. The third-order valence-corrected chi connectivity index (χ3v) is 2.89. The van der Waals surface area contributed by atoms with Crippen LogP contribution in [0.25, 0.3) is 0 Å². The highest BCUT2D eigenvalue weighted by Crippen LogP contribution is 2.19. The highest BCUT2D eigenvalue weighted by molar-refractivity contribution is 5.19. The average molecular weight is 277 g/mol. The van der Waals surface area contributed by atoms with Crippen molar-refractivity contribution >= 4 is 0 Å². The molecule has 0 fully saturated rings. The smallest absolute Gasteiger partial charge is 0.137 e. The largest absolute Gasteiger partial charge is 0.492 e. The second kappa shape index (κ2) is 8.51. The Labute approximate surface area is 120 Å². The molecule has 0 aliphatic rings. The van der Waals surface area contributed by atoms with E-state index < -0.39 is 0 Å². The summed E-state index contributed by atoms with van der Waals surface area (Å²) in [6, 6.07) is 6.09. The van der Waals surface area contributed by atoms with Crippen molar-refractivity contribution < 1.29 is 9.47 Å². The Kier molecular flexibility index (Phi) is 6.99. The molecule has 0 spiro atoms. The lowest BCUT2D eigenvalue weighted by molar-refractivity contribution is 0.199. The van der Waals surface area contributed by atoms with E-state index in [4.69, 9.17) is 14.7 Å². The van der Waals surface area contributed by atoms with Crippen LogP contribution in [0.2, 0.25) is 0 Å². The molecule has 0 aliphatic carbocycles. The number of ether oxygens (including phenoxy) is 2. The van der Waals surface area contributed by atoms with Gasteiger partial charge in [0.1, 0.15) is 5.75 Å². The summed E-state index contributed by atoms with van der Waals surface area (Å²) in [6.45, 7) is 6.54. The first-order valence-electron chi connectivity index (χ1n) is 6.76. The molecule has 1 rings (SSSR count). The summed E-state index contributed by atoms with van der Waals surface area (Å²) in [5.74, 6) is 0.736. The van der Waals surface area contributed by atoms with Crippen LogP contribution in [-0.2, 0) is 11.3 Å². The number of rotatable bonds is 9. The molecule has 5 nitrogen and oxygen atoms in total. The van der Waals surface area contributed by atoms with E-state index in [9.17, 15) is 0 Å². The normalized spacial score (nSPS) is 11.1. The van der Waals surface area contributed by atoms with Crippen LogP contribution in [0, 0.1) is 16.7 Å². The lowest BCUT2D eigenvalue weighted by Crippen LogP contribution is -2.19. The zero-order chi connectivity index (χ0) is 14.8. The van der Waals surface area contributed by atoms with Gasteiger partial charge < -0.3 is 14.8 Å². The van der Waals surface area contributed by atoms with E-state index in [0.717, 1.165) is 18.0 Å². The molecule has 1 heterocycles. The van der Waals surface area contributed by atoms with Gasteiger partial charge in [-0.25, -0.2) is 0 Å². The van der Waals surface area contributed by atoms with Crippen LogP contribution >= 0.6 is 0 Å². The minimum absolute atomic E-state index is 0.349. The van der Waals surface area contributed by atoms with E-state index in [-0.39, 0.29) is 5.41 Å². The van der Waals surface area contributed by atoms with Gasteiger partial charge in [0.15, 0.2) is 0 Å². The number of aromatic nitrogens is 1. The molecule has 0 aromatic carbocycles. The number of nitrogens with one attached hydrogen (secondary N) is 1. The van der Waals surface area contributed by atoms with Crippen molar-refractivity contribution in [2.24, 2.45) is 5.41 Å². The molecule has 0 saturated carbocycles. The summed E-state index contributed by atoms with van der Waals surface area (Å²) >= 11 is 0. The average Bonchev–Trinajstić information content (AvgIpc) is 2.45. The summed E-state index contributed by atoms with van der Waals surface area (Å²) < 4.78 is 10.5. The fourth-order valence-electron chi connectivity index (χ4n) is 1.47. The summed E-state index contributed by atoms with van der Waals surface area (Å²) in [5, 5.41) is 12.1. The Bertz CT molecular complexity index is 424. The third kappa shape index (κ3) is 6.50. The van der Waals surface area contributed by atoms with Crippen LogP contribution in [0.1, 0.15) is 26.0 Å². The van der Waals surface area contributed by atoms with Gasteiger partial charge in [0.05, 0.1) is 36.6 Å². The second-order valence-electron chi connectivity index (χ2n) is 5.25. The topological polar surface area (TPSA) is 67.2 Å². The highest BCUT2D eigenvalue weighted by Gasteiger charge is 2.16. The van der Waals surface area contributed by atoms with Crippen molar-refractivity contribution in [3.05, 3.63) is 24.0 Å². The molecule has 110 valence electrons. The lowest BCUT2D eigenvalue weighted by atomic mass is 9.92. The molecule has 1 N–H and O–H groups in total. The van der Waals surface area contributed by atoms with Gasteiger partial charge in [-0.1, -0.05) is 0 Å². The minimum Gasteiger partial charge on any atom is -0.492 e. The monoisotopic (exact) mass is 277 g/mol. The quantitative estimate of drug-likeness (QED) is 0.700. The summed E-state index contributed by atoms with van der Waals surface area (Å²) in [7, 11) is 1.68. The summed E-state index contributed by atoms with van der Waals surface area (Å²) in [4.78, 5) is 4.32. The van der Waals surface area contributed by atoms with Crippen molar-refractivity contribution in [1.82, 2.24) is 10.3 Å². The Morgan fingerprint density at radius 3 is 2.75 bits per heavy atom. The van der Waals surface area contributed by atoms with Gasteiger partial charge in [-0.05, 0) is 32.4 Å². The number of methoxy groups -OCH3 is 1. The van der Waals surface area contributed by atoms with Gasteiger partial charge in [0.25, 0.3) is 0 Å². The van der Waals surface area contributed by atoms with Crippen LogP contribution in [0.5, 0.6) is 5.75 Å². The number of hydrogen-bond donors (Lipinski definition) is 1. The zero-order valence-corrected chi connectivity index (χ0v) is 12.5. The first kappa shape index (κ1) is 16.4. The number of hydrogen-bond acceptors (Lipinski definition) is 5. The van der Waals surface area contributed by atoms with Gasteiger partial charge in [-0.15, -0.1) is 0 Å². The Hall–Kier alpha value is -1.64. The number of pyridine rings is 1. The van der Waals surface area contributed by atoms with Crippen LogP contribution in [-0.4, -0.2) is 31.9 Å². The SMILES string of the molecule is COCCNCc1ccc(OCCC(C)(C)C#N)cn1. The first-order chi connectivity index (χ1) is 9.57. The highest BCUT2D eigenvalue weighted by atomic mass is 16.5. The molecule has 0 saturated heterocycles. The van der Waals surface area contributed by atoms with Crippen LogP contribution < -0.4 is 10.1 Å². The second-order valence-corrected chi connectivity index (χ2v) is 5.25. The summed E-state index contributed by atoms with van der Waals surface area (Å²) in [5.41, 5.74) is 0.615. The molecular weight excluding hydrogens is 254 g/mol. The maximum atomic E-state index is 8.91. The van der Waals surface area contributed by atoms with Crippen molar-refractivity contribution in [2.45, 2.75) is 26.8 Å². The molecule has 5 heteroatoms. The van der Waals surface area contributed by atoms with E-state index >= 15 is 0 Å². The van der Waals surface area contributed by atoms with Crippen molar-refractivity contribution in [3.8, 4) is 11.8 Å². The zero-order valence-electron chi connectivity index (χ0n) is 12.5. The minimum atomic E-state index is -0.349. The molecule has 1 aromatic rings. The molecule has 0 amide bonds.